The average Bonchev–Trinajstić information content (AvgIpc) is 3.21. The van der Waals surface area contributed by atoms with E-state index in [1.807, 2.05) is 0 Å². The van der Waals surface area contributed by atoms with E-state index in [0.717, 1.165) is 45.2 Å². The van der Waals surface area contributed by atoms with Gasteiger partial charge in [-0.1, -0.05) is 74.3 Å². The molecule has 1 amide bonds. The van der Waals surface area contributed by atoms with Crippen molar-refractivity contribution in [1.82, 2.24) is 9.80 Å². The van der Waals surface area contributed by atoms with Crippen molar-refractivity contribution in [2.24, 2.45) is 11.8 Å². The third kappa shape index (κ3) is 7.16. The summed E-state index contributed by atoms with van der Waals surface area (Å²) in [6.45, 7) is 8.42. The topological polar surface area (TPSA) is 40.6 Å². The molecule has 2 aromatic rings. The lowest BCUT2D eigenvalue weighted by Gasteiger charge is -2.34. The summed E-state index contributed by atoms with van der Waals surface area (Å²) in [6.07, 6.45) is 5.97. The number of amides is 1. The number of hydrogen-bond acceptors (Lipinski definition) is 3. The van der Waals surface area contributed by atoms with Crippen LogP contribution in [0.5, 0.6) is 0 Å². The fourth-order valence-corrected chi connectivity index (χ4v) is 6.49. The van der Waals surface area contributed by atoms with Gasteiger partial charge in [-0.2, -0.15) is 0 Å². The zero-order chi connectivity index (χ0) is 26.5. The van der Waals surface area contributed by atoms with E-state index >= 15 is 0 Å². The smallest absolute Gasteiger partial charge is 0.240 e. The number of benzene rings is 2. The summed E-state index contributed by atoms with van der Waals surface area (Å²) in [5.74, 6) is 1.27. The maximum absolute atomic E-state index is 14.0. The average molecular weight is 544 g/mol. The number of carbonyl (C=O) groups excluding carboxylic acids is 2. The van der Waals surface area contributed by atoms with Crippen LogP contribution in [-0.4, -0.2) is 52.7 Å². The number of ketones is 1. The number of aryl methyl sites for hydroxylation is 1. The van der Waals surface area contributed by atoms with Crippen molar-refractivity contribution in [2.45, 2.75) is 83.8 Å². The second-order valence-corrected chi connectivity index (χ2v) is 12.2. The minimum Gasteiger partial charge on any atom is -0.338 e. The number of nitrogens with zero attached hydrogens (tertiary/aromatic N) is 2. The SMILES string of the molecule is CC(C)C[C@H](CCC(=O)c1ccc(Cl)c(Cl)c1)N1CCC(CCc2ccccc2)N2C[C@H](C)C[C@H]2C1=O. The highest BCUT2D eigenvalue weighted by Gasteiger charge is 2.44. The maximum Gasteiger partial charge on any atom is 0.240 e. The van der Waals surface area contributed by atoms with E-state index in [1.54, 1.807) is 18.2 Å². The van der Waals surface area contributed by atoms with Gasteiger partial charge in [0.05, 0.1) is 16.1 Å². The van der Waals surface area contributed by atoms with Gasteiger partial charge in [0.25, 0.3) is 0 Å². The molecule has 2 aliphatic heterocycles. The molecule has 0 spiro atoms. The summed E-state index contributed by atoms with van der Waals surface area (Å²) in [5, 5.41) is 0.842. The standard InChI is InChI=1S/C31H40Cl2N2O2/c1-21(2)17-26(12-14-30(36)24-10-13-27(32)28(33)19-24)34-16-15-25(11-9-23-7-5-4-6-8-23)35-20-22(3)18-29(35)31(34)37/h4-8,10,13,19,21-22,25-26,29H,9,11-12,14-18,20H2,1-3H3/t22-,25?,26+,29+/m1/s1. The lowest BCUT2D eigenvalue weighted by molar-refractivity contribution is -0.137. The van der Waals surface area contributed by atoms with Crippen LogP contribution in [0, 0.1) is 11.8 Å². The Morgan fingerprint density at radius 2 is 1.84 bits per heavy atom. The number of hydrogen-bond donors (Lipinski definition) is 0. The van der Waals surface area contributed by atoms with Gasteiger partial charge >= 0.3 is 0 Å². The van der Waals surface area contributed by atoms with E-state index in [-0.39, 0.29) is 23.8 Å². The highest BCUT2D eigenvalue weighted by atomic mass is 35.5. The first-order valence-electron chi connectivity index (χ1n) is 13.8. The fourth-order valence-electron chi connectivity index (χ4n) is 6.19. The van der Waals surface area contributed by atoms with Crippen LogP contribution in [0.3, 0.4) is 0 Å². The zero-order valence-electron chi connectivity index (χ0n) is 22.3. The number of carbonyl (C=O) groups is 2. The van der Waals surface area contributed by atoms with E-state index in [1.165, 1.54) is 5.56 Å². The Bertz CT molecular complexity index is 1070. The quantitative estimate of drug-likeness (QED) is 0.295. The minimum atomic E-state index is -0.0429. The summed E-state index contributed by atoms with van der Waals surface area (Å²) in [5.41, 5.74) is 1.94. The van der Waals surface area contributed by atoms with Crippen molar-refractivity contribution >= 4 is 34.9 Å². The number of halogens is 2. The summed E-state index contributed by atoms with van der Waals surface area (Å²) in [4.78, 5) is 31.6. The zero-order valence-corrected chi connectivity index (χ0v) is 23.8. The summed E-state index contributed by atoms with van der Waals surface area (Å²) in [7, 11) is 0. The van der Waals surface area contributed by atoms with Gasteiger partial charge in [-0.3, -0.25) is 14.5 Å². The molecule has 0 aromatic heterocycles. The molecule has 2 heterocycles. The maximum atomic E-state index is 14.0. The Kier molecular flexibility index (Phi) is 9.72. The molecule has 0 bridgehead atoms. The van der Waals surface area contributed by atoms with Gasteiger partial charge in [0.15, 0.2) is 5.78 Å². The van der Waals surface area contributed by atoms with Crippen molar-refractivity contribution in [3.8, 4) is 0 Å². The Labute approximate surface area is 232 Å². The van der Waals surface area contributed by atoms with E-state index in [0.29, 0.717) is 46.3 Å². The lowest BCUT2D eigenvalue weighted by Crippen LogP contribution is -2.48. The highest BCUT2D eigenvalue weighted by Crippen LogP contribution is 2.34. The van der Waals surface area contributed by atoms with Gasteiger partial charge in [0.2, 0.25) is 5.91 Å². The minimum absolute atomic E-state index is 0.0429. The van der Waals surface area contributed by atoms with Gasteiger partial charge in [0, 0.05) is 37.2 Å². The van der Waals surface area contributed by atoms with Crippen molar-refractivity contribution < 1.29 is 9.59 Å². The number of Topliss-reactive ketones (excluding diaryl/α,β-unsaturated/α-hetero) is 1. The second kappa shape index (κ2) is 12.8. The van der Waals surface area contributed by atoms with E-state index in [9.17, 15) is 9.59 Å². The van der Waals surface area contributed by atoms with Crippen LogP contribution in [-0.2, 0) is 11.2 Å². The van der Waals surface area contributed by atoms with Crippen molar-refractivity contribution in [3.63, 3.8) is 0 Å². The van der Waals surface area contributed by atoms with Gasteiger partial charge < -0.3 is 4.90 Å². The van der Waals surface area contributed by atoms with Crippen molar-refractivity contribution in [2.75, 3.05) is 13.1 Å². The molecular weight excluding hydrogens is 503 g/mol. The van der Waals surface area contributed by atoms with Crippen molar-refractivity contribution in [1.29, 1.82) is 0 Å². The number of fused-ring (bicyclic) bond motifs is 1. The first kappa shape index (κ1) is 28.1. The molecule has 2 aliphatic rings. The van der Waals surface area contributed by atoms with Crippen LogP contribution in [0.1, 0.15) is 75.2 Å². The van der Waals surface area contributed by atoms with Crippen LogP contribution in [0.4, 0.5) is 0 Å². The summed E-state index contributed by atoms with van der Waals surface area (Å²) >= 11 is 12.2. The largest absolute Gasteiger partial charge is 0.338 e. The number of rotatable bonds is 10. The molecule has 0 aliphatic carbocycles. The molecule has 2 fully saturated rings. The molecule has 2 aromatic carbocycles. The molecule has 4 nitrogen and oxygen atoms in total. The normalized spacial score (nSPS) is 23.2. The third-order valence-electron chi connectivity index (χ3n) is 8.03. The van der Waals surface area contributed by atoms with Crippen LogP contribution in [0.15, 0.2) is 48.5 Å². The van der Waals surface area contributed by atoms with Crippen molar-refractivity contribution in [3.05, 3.63) is 69.7 Å². The Morgan fingerprint density at radius 1 is 1.08 bits per heavy atom. The van der Waals surface area contributed by atoms with E-state index in [4.69, 9.17) is 23.2 Å². The molecule has 4 atom stereocenters. The third-order valence-corrected chi connectivity index (χ3v) is 8.77. The molecule has 2 saturated heterocycles. The first-order chi connectivity index (χ1) is 17.7. The molecular formula is C31H40Cl2N2O2. The van der Waals surface area contributed by atoms with Gasteiger partial charge in [-0.25, -0.2) is 0 Å². The summed E-state index contributed by atoms with van der Waals surface area (Å²) in [6, 6.07) is 16.1. The monoisotopic (exact) mass is 542 g/mol. The van der Waals surface area contributed by atoms with Gasteiger partial charge in [-0.15, -0.1) is 0 Å². The molecule has 1 unspecified atom stereocenters. The Hall–Kier alpha value is -1.88. The molecule has 4 rings (SSSR count). The van der Waals surface area contributed by atoms with E-state index in [2.05, 4.69) is 60.9 Å². The van der Waals surface area contributed by atoms with E-state index < -0.39 is 0 Å². The molecule has 37 heavy (non-hydrogen) atoms. The summed E-state index contributed by atoms with van der Waals surface area (Å²) < 4.78 is 0. The van der Waals surface area contributed by atoms with Gasteiger partial charge in [-0.05, 0) is 74.1 Å². The van der Waals surface area contributed by atoms with Crippen LogP contribution in [0.25, 0.3) is 0 Å². The highest BCUT2D eigenvalue weighted by molar-refractivity contribution is 6.42. The first-order valence-corrected chi connectivity index (χ1v) is 14.6. The van der Waals surface area contributed by atoms with Crippen LogP contribution < -0.4 is 0 Å². The Balaban J connectivity index is 1.48. The Morgan fingerprint density at radius 3 is 2.54 bits per heavy atom. The van der Waals surface area contributed by atoms with Crippen LogP contribution >= 0.6 is 23.2 Å². The predicted octanol–water partition coefficient (Wildman–Crippen LogP) is 7.32. The molecule has 200 valence electrons. The van der Waals surface area contributed by atoms with Crippen LogP contribution in [0.2, 0.25) is 10.0 Å². The molecule has 6 heteroatoms. The molecule has 0 saturated carbocycles. The fraction of sp³-hybridized carbons (Fsp3) is 0.548. The lowest BCUT2D eigenvalue weighted by atomic mass is 9.94. The predicted molar refractivity (Wildman–Crippen MR) is 152 cm³/mol. The van der Waals surface area contributed by atoms with Gasteiger partial charge in [0.1, 0.15) is 0 Å². The second-order valence-electron chi connectivity index (χ2n) is 11.4. The molecule has 0 radical (unpaired) electrons. The molecule has 0 N–H and O–H groups in total.